The van der Waals surface area contributed by atoms with Crippen LogP contribution in [0.4, 0.5) is 0 Å². The van der Waals surface area contributed by atoms with E-state index in [4.69, 9.17) is 5.11 Å². The number of aliphatic carboxylic acids is 1. The van der Waals surface area contributed by atoms with E-state index in [-0.39, 0.29) is 23.9 Å². The summed E-state index contributed by atoms with van der Waals surface area (Å²) in [6, 6.07) is 0.564. The van der Waals surface area contributed by atoms with Gasteiger partial charge < -0.3 is 15.5 Å². The summed E-state index contributed by atoms with van der Waals surface area (Å²) in [5.74, 6) is -0.798. The van der Waals surface area contributed by atoms with Gasteiger partial charge in [0.15, 0.2) is 0 Å². The van der Waals surface area contributed by atoms with Gasteiger partial charge in [0.1, 0.15) is 0 Å². The minimum Gasteiger partial charge on any atom is -0.481 e. The number of nitrogens with one attached hydrogen (secondary N) is 1. The SMILES string of the molecule is C[C@@H]1CC(O)(CC(C)(C)CC(=O)O)C[C@H](C)N1. The van der Waals surface area contributed by atoms with Crippen LogP contribution in [-0.2, 0) is 4.79 Å². The summed E-state index contributed by atoms with van der Waals surface area (Å²) in [6.07, 6.45) is 2.04. The Morgan fingerprint density at radius 3 is 2.24 bits per heavy atom. The Morgan fingerprint density at radius 1 is 1.35 bits per heavy atom. The van der Waals surface area contributed by atoms with Crippen LogP contribution >= 0.6 is 0 Å². The number of carbonyl (C=O) groups is 1. The number of rotatable bonds is 4. The van der Waals surface area contributed by atoms with Gasteiger partial charge >= 0.3 is 5.97 Å². The van der Waals surface area contributed by atoms with E-state index in [1.165, 1.54) is 0 Å². The normalized spacial score (nSPS) is 34.6. The third-order valence-corrected chi connectivity index (χ3v) is 3.38. The maximum atomic E-state index is 10.8. The largest absolute Gasteiger partial charge is 0.481 e. The highest BCUT2D eigenvalue weighted by Crippen LogP contribution is 2.38. The zero-order valence-corrected chi connectivity index (χ0v) is 11.3. The fraction of sp³-hybridized carbons (Fsp3) is 0.923. The zero-order valence-electron chi connectivity index (χ0n) is 11.3. The van der Waals surface area contributed by atoms with E-state index in [0.29, 0.717) is 19.3 Å². The molecule has 4 heteroatoms. The Morgan fingerprint density at radius 2 is 1.82 bits per heavy atom. The Labute approximate surface area is 103 Å². The van der Waals surface area contributed by atoms with Gasteiger partial charge in [0, 0.05) is 12.1 Å². The molecular formula is C13H25NO3. The van der Waals surface area contributed by atoms with Crippen molar-refractivity contribution in [3.63, 3.8) is 0 Å². The summed E-state index contributed by atoms with van der Waals surface area (Å²) in [7, 11) is 0. The van der Waals surface area contributed by atoms with Crippen molar-refractivity contribution < 1.29 is 15.0 Å². The lowest BCUT2D eigenvalue weighted by Gasteiger charge is -2.43. The molecule has 0 aromatic heterocycles. The van der Waals surface area contributed by atoms with Gasteiger partial charge in [-0.3, -0.25) is 4.79 Å². The van der Waals surface area contributed by atoms with Gasteiger partial charge in [-0.05, 0) is 38.5 Å². The summed E-state index contributed by atoms with van der Waals surface area (Å²) in [5.41, 5.74) is -1.10. The molecular weight excluding hydrogens is 218 g/mol. The average molecular weight is 243 g/mol. The van der Waals surface area contributed by atoms with Gasteiger partial charge in [-0.25, -0.2) is 0 Å². The molecule has 0 spiro atoms. The Hall–Kier alpha value is -0.610. The molecule has 3 N–H and O–H groups in total. The van der Waals surface area contributed by atoms with E-state index in [2.05, 4.69) is 19.2 Å². The molecule has 1 aliphatic heterocycles. The fourth-order valence-electron chi connectivity index (χ4n) is 3.33. The maximum absolute atomic E-state index is 10.8. The third-order valence-electron chi connectivity index (χ3n) is 3.38. The molecule has 0 bridgehead atoms. The van der Waals surface area contributed by atoms with Gasteiger partial charge in [-0.2, -0.15) is 0 Å². The van der Waals surface area contributed by atoms with Crippen molar-refractivity contribution in [3.05, 3.63) is 0 Å². The van der Waals surface area contributed by atoms with Gasteiger partial charge in [-0.15, -0.1) is 0 Å². The highest BCUT2D eigenvalue weighted by atomic mass is 16.4. The Balaban J connectivity index is 2.67. The quantitative estimate of drug-likeness (QED) is 0.704. The molecule has 0 radical (unpaired) electrons. The number of hydrogen-bond donors (Lipinski definition) is 3. The lowest BCUT2D eigenvalue weighted by Crippen LogP contribution is -2.52. The van der Waals surface area contributed by atoms with Gasteiger partial charge in [0.05, 0.1) is 12.0 Å². The molecule has 1 saturated heterocycles. The summed E-state index contributed by atoms with van der Waals surface area (Å²) in [6.45, 7) is 7.95. The standard InChI is InChI=1S/C13H25NO3/c1-9-5-13(17,6-10(2)14-9)8-12(3,4)7-11(15)16/h9-10,14,17H,5-8H2,1-4H3,(H,15,16)/t9-,10+,13?. The molecule has 1 rings (SSSR count). The number of aliphatic hydroxyl groups is 1. The van der Waals surface area contributed by atoms with Crippen LogP contribution in [-0.4, -0.2) is 33.9 Å². The molecule has 100 valence electrons. The molecule has 0 aromatic carbocycles. The topological polar surface area (TPSA) is 69.6 Å². The van der Waals surface area contributed by atoms with Crippen LogP contribution in [0.5, 0.6) is 0 Å². The molecule has 0 aliphatic carbocycles. The van der Waals surface area contributed by atoms with Gasteiger partial charge in [0.2, 0.25) is 0 Å². The van der Waals surface area contributed by atoms with E-state index in [1.54, 1.807) is 0 Å². The van der Waals surface area contributed by atoms with Crippen molar-refractivity contribution in [1.82, 2.24) is 5.32 Å². The molecule has 1 heterocycles. The molecule has 0 amide bonds. The van der Waals surface area contributed by atoms with Crippen LogP contribution < -0.4 is 5.32 Å². The molecule has 1 fully saturated rings. The lowest BCUT2D eigenvalue weighted by molar-refractivity contribution is -0.140. The highest BCUT2D eigenvalue weighted by molar-refractivity contribution is 5.67. The minimum atomic E-state index is -0.798. The van der Waals surface area contributed by atoms with E-state index >= 15 is 0 Å². The second-order valence-electron chi connectivity index (χ2n) is 6.51. The van der Waals surface area contributed by atoms with E-state index in [9.17, 15) is 9.90 Å². The van der Waals surface area contributed by atoms with E-state index < -0.39 is 11.6 Å². The number of piperidine rings is 1. The first-order valence-electron chi connectivity index (χ1n) is 6.32. The van der Waals surface area contributed by atoms with Crippen LogP contribution in [0.1, 0.15) is 53.4 Å². The summed E-state index contributed by atoms with van der Waals surface area (Å²) >= 11 is 0. The van der Waals surface area contributed by atoms with Crippen molar-refractivity contribution in [2.45, 2.75) is 71.1 Å². The van der Waals surface area contributed by atoms with Crippen molar-refractivity contribution in [2.75, 3.05) is 0 Å². The molecule has 3 atom stereocenters. The molecule has 1 aliphatic rings. The molecule has 17 heavy (non-hydrogen) atoms. The van der Waals surface area contributed by atoms with Crippen molar-refractivity contribution in [2.24, 2.45) is 5.41 Å². The van der Waals surface area contributed by atoms with Crippen molar-refractivity contribution in [3.8, 4) is 0 Å². The highest BCUT2D eigenvalue weighted by Gasteiger charge is 2.40. The molecule has 1 unspecified atom stereocenters. The van der Waals surface area contributed by atoms with E-state index in [1.807, 2.05) is 13.8 Å². The van der Waals surface area contributed by atoms with Crippen LogP contribution in [0.2, 0.25) is 0 Å². The van der Waals surface area contributed by atoms with Crippen molar-refractivity contribution >= 4 is 5.97 Å². The predicted octanol–water partition coefficient (Wildman–Crippen LogP) is 1.77. The van der Waals surface area contributed by atoms with Crippen LogP contribution in [0.25, 0.3) is 0 Å². The third kappa shape index (κ3) is 4.64. The Bertz CT molecular complexity index is 278. The first-order valence-corrected chi connectivity index (χ1v) is 6.32. The monoisotopic (exact) mass is 243 g/mol. The maximum Gasteiger partial charge on any atom is 0.303 e. The fourth-order valence-corrected chi connectivity index (χ4v) is 3.33. The van der Waals surface area contributed by atoms with Crippen LogP contribution in [0, 0.1) is 5.41 Å². The minimum absolute atomic E-state index is 0.103. The second-order valence-corrected chi connectivity index (χ2v) is 6.51. The second kappa shape index (κ2) is 4.94. The van der Waals surface area contributed by atoms with E-state index in [0.717, 1.165) is 0 Å². The first-order chi connectivity index (χ1) is 7.62. The predicted molar refractivity (Wildman–Crippen MR) is 66.9 cm³/mol. The smallest absolute Gasteiger partial charge is 0.303 e. The number of hydrogen-bond acceptors (Lipinski definition) is 3. The average Bonchev–Trinajstić information content (AvgIpc) is 1.93. The van der Waals surface area contributed by atoms with Gasteiger partial charge in [0.25, 0.3) is 0 Å². The number of carboxylic acid groups (broad SMARTS) is 1. The van der Waals surface area contributed by atoms with Crippen LogP contribution in [0.3, 0.4) is 0 Å². The first kappa shape index (κ1) is 14.5. The van der Waals surface area contributed by atoms with Crippen LogP contribution in [0.15, 0.2) is 0 Å². The molecule has 0 saturated carbocycles. The Kier molecular flexibility index (Phi) is 4.20. The summed E-state index contributed by atoms with van der Waals surface area (Å²) in [5, 5.41) is 22.9. The van der Waals surface area contributed by atoms with Crippen molar-refractivity contribution in [1.29, 1.82) is 0 Å². The molecule has 0 aromatic rings. The summed E-state index contributed by atoms with van der Waals surface area (Å²) in [4.78, 5) is 10.8. The zero-order chi connectivity index (χ0) is 13.3. The molecule has 4 nitrogen and oxygen atoms in total. The summed E-state index contributed by atoms with van der Waals surface area (Å²) < 4.78 is 0. The van der Waals surface area contributed by atoms with Gasteiger partial charge in [-0.1, -0.05) is 13.8 Å². The number of carboxylic acids is 1. The lowest BCUT2D eigenvalue weighted by atomic mass is 9.72.